The molecule has 0 saturated heterocycles. The van der Waals surface area contributed by atoms with Crippen LogP contribution in [0.2, 0.25) is 10.0 Å². The summed E-state index contributed by atoms with van der Waals surface area (Å²) in [6, 6.07) is 18.2. The molecule has 0 aliphatic carbocycles. The monoisotopic (exact) mass is 514 g/mol. The van der Waals surface area contributed by atoms with E-state index >= 15 is 0 Å². The smallest absolute Gasteiger partial charge is 0.410 e. The summed E-state index contributed by atoms with van der Waals surface area (Å²) < 4.78 is 6.43. The molecule has 1 heterocycles. The average Bonchev–Trinajstić information content (AvgIpc) is 3.23. The zero-order valence-corrected chi connectivity index (χ0v) is 21.3. The van der Waals surface area contributed by atoms with E-state index in [1.54, 1.807) is 29.5 Å². The number of hydrogen-bond donors (Lipinski definition) is 1. The molecule has 3 aromatic carbocycles. The molecule has 0 fully saturated rings. The van der Waals surface area contributed by atoms with Gasteiger partial charge >= 0.3 is 6.09 Å². The third-order valence-electron chi connectivity index (χ3n) is 5.16. The van der Waals surface area contributed by atoms with E-state index in [-0.39, 0.29) is 0 Å². The van der Waals surface area contributed by atoms with Crippen LogP contribution in [-0.2, 0) is 0 Å². The standard InChI is InChI=1S/C25H24Cl2N4O2S/c1-30(2)13-14-31(3)24-29-21-12-9-17(15-22(21)34-24)28-25(32)33-18-10-7-16(8-11-18)19-5-4-6-20(26)23(19)27/h4-12,15H,13-14H2,1-3H3,(H,28,32). The van der Waals surface area contributed by atoms with E-state index in [9.17, 15) is 4.79 Å². The fourth-order valence-electron chi connectivity index (χ4n) is 3.28. The number of hydrogen-bond acceptors (Lipinski definition) is 6. The van der Waals surface area contributed by atoms with Crippen molar-refractivity contribution in [1.29, 1.82) is 0 Å². The van der Waals surface area contributed by atoms with Crippen LogP contribution in [0.4, 0.5) is 15.6 Å². The Morgan fingerprint density at radius 2 is 1.79 bits per heavy atom. The first-order chi connectivity index (χ1) is 16.3. The summed E-state index contributed by atoms with van der Waals surface area (Å²) in [7, 11) is 6.13. The lowest BCUT2D eigenvalue weighted by Crippen LogP contribution is -2.28. The largest absolute Gasteiger partial charge is 0.417 e. The normalized spacial score (nSPS) is 11.1. The van der Waals surface area contributed by atoms with Crippen molar-refractivity contribution >= 4 is 61.7 Å². The molecule has 0 radical (unpaired) electrons. The summed E-state index contributed by atoms with van der Waals surface area (Å²) >= 11 is 14.0. The van der Waals surface area contributed by atoms with Crippen LogP contribution in [0.15, 0.2) is 60.7 Å². The number of fused-ring (bicyclic) bond motifs is 1. The topological polar surface area (TPSA) is 57.7 Å². The second kappa shape index (κ2) is 10.6. The first kappa shape index (κ1) is 24.3. The van der Waals surface area contributed by atoms with E-state index in [1.807, 2.05) is 63.6 Å². The van der Waals surface area contributed by atoms with Crippen LogP contribution in [0.5, 0.6) is 5.75 Å². The van der Waals surface area contributed by atoms with Gasteiger partial charge < -0.3 is 14.5 Å². The minimum Gasteiger partial charge on any atom is -0.410 e. The summed E-state index contributed by atoms with van der Waals surface area (Å²) in [5.74, 6) is 0.420. The Kier molecular flexibility index (Phi) is 7.58. The number of benzene rings is 3. The number of nitrogens with zero attached hydrogens (tertiary/aromatic N) is 3. The number of likely N-dealkylation sites (N-methyl/N-ethyl adjacent to an activating group) is 2. The van der Waals surface area contributed by atoms with Gasteiger partial charge in [0.05, 0.1) is 20.3 Å². The third kappa shape index (κ3) is 5.80. The predicted molar refractivity (Wildman–Crippen MR) is 143 cm³/mol. The number of carbonyl (C=O) groups excluding carboxylic acids is 1. The van der Waals surface area contributed by atoms with Crippen molar-refractivity contribution in [1.82, 2.24) is 9.88 Å². The van der Waals surface area contributed by atoms with E-state index < -0.39 is 6.09 Å². The number of anilines is 2. The Balaban J connectivity index is 1.40. The zero-order chi connectivity index (χ0) is 24.2. The van der Waals surface area contributed by atoms with Crippen molar-refractivity contribution in [2.24, 2.45) is 0 Å². The van der Waals surface area contributed by atoms with Gasteiger partial charge in [0.1, 0.15) is 5.75 Å². The average molecular weight is 515 g/mol. The highest BCUT2D eigenvalue weighted by Gasteiger charge is 2.12. The van der Waals surface area contributed by atoms with Crippen LogP contribution in [0.1, 0.15) is 0 Å². The molecule has 0 unspecified atom stereocenters. The maximum absolute atomic E-state index is 12.4. The molecular formula is C25H24Cl2N4O2S. The molecule has 0 aliphatic rings. The summed E-state index contributed by atoms with van der Waals surface area (Å²) in [6.45, 7) is 1.82. The SMILES string of the molecule is CN(C)CCN(C)c1nc2ccc(NC(=O)Oc3ccc(-c4cccc(Cl)c4Cl)cc3)cc2s1. The summed E-state index contributed by atoms with van der Waals surface area (Å²) in [5.41, 5.74) is 3.23. The summed E-state index contributed by atoms with van der Waals surface area (Å²) in [4.78, 5) is 21.4. The maximum atomic E-state index is 12.4. The highest BCUT2D eigenvalue weighted by Crippen LogP contribution is 2.34. The Labute approximate surface area is 212 Å². The van der Waals surface area contributed by atoms with Gasteiger partial charge in [-0.3, -0.25) is 5.32 Å². The van der Waals surface area contributed by atoms with E-state index in [0.717, 1.165) is 39.6 Å². The number of halogens is 2. The number of ether oxygens (including phenoxy) is 1. The molecule has 1 N–H and O–H groups in total. The Morgan fingerprint density at radius 1 is 1.03 bits per heavy atom. The molecule has 0 spiro atoms. The number of amides is 1. The van der Waals surface area contributed by atoms with Gasteiger partial charge in [0.25, 0.3) is 0 Å². The number of rotatable bonds is 7. The quantitative estimate of drug-likeness (QED) is 0.291. The zero-order valence-electron chi connectivity index (χ0n) is 19.0. The number of nitrogens with one attached hydrogen (secondary N) is 1. The Morgan fingerprint density at radius 3 is 2.53 bits per heavy atom. The maximum Gasteiger partial charge on any atom is 0.417 e. The molecule has 0 saturated carbocycles. The molecule has 9 heteroatoms. The van der Waals surface area contributed by atoms with Gasteiger partial charge in [-0.1, -0.05) is 58.8 Å². The second-order valence-corrected chi connectivity index (χ2v) is 9.84. The molecule has 0 aliphatic heterocycles. The lowest BCUT2D eigenvalue weighted by molar-refractivity contribution is 0.215. The second-order valence-electron chi connectivity index (χ2n) is 8.04. The Bertz CT molecular complexity index is 1310. The van der Waals surface area contributed by atoms with Crippen LogP contribution in [0, 0.1) is 0 Å². The molecule has 0 atom stereocenters. The van der Waals surface area contributed by atoms with E-state index in [0.29, 0.717) is 21.5 Å². The van der Waals surface area contributed by atoms with Gasteiger partial charge in [0, 0.05) is 31.4 Å². The fourth-order valence-corrected chi connectivity index (χ4v) is 4.68. The molecule has 176 valence electrons. The molecule has 0 bridgehead atoms. The van der Waals surface area contributed by atoms with E-state index in [2.05, 4.69) is 20.1 Å². The Hall–Kier alpha value is -2.84. The third-order valence-corrected chi connectivity index (χ3v) is 7.11. The molecule has 6 nitrogen and oxygen atoms in total. The van der Waals surface area contributed by atoms with E-state index in [4.69, 9.17) is 27.9 Å². The fraction of sp³-hybridized carbons (Fsp3) is 0.200. The van der Waals surface area contributed by atoms with Crippen molar-refractivity contribution in [3.05, 3.63) is 70.7 Å². The number of carbonyl (C=O) groups is 1. The minimum absolute atomic E-state index is 0.420. The molecule has 34 heavy (non-hydrogen) atoms. The van der Waals surface area contributed by atoms with Crippen molar-refractivity contribution in [3.8, 4) is 16.9 Å². The van der Waals surface area contributed by atoms with Crippen molar-refractivity contribution in [2.45, 2.75) is 0 Å². The lowest BCUT2D eigenvalue weighted by Gasteiger charge is -2.18. The number of aromatic nitrogens is 1. The van der Waals surface area contributed by atoms with Crippen LogP contribution >= 0.6 is 34.5 Å². The summed E-state index contributed by atoms with van der Waals surface area (Å²) in [6.07, 6.45) is -0.569. The molecule has 4 rings (SSSR count). The van der Waals surface area contributed by atoms with Gasteiger partial charge in [0.15, 0.2) is 5.13 Å². The lowest BCUT2D eigenvalue weighted by atomic mass is 10.1. The molecule has 4 aromatic rings. The molecular weight excluding hydrogens is 491 g/mol. The van der Waals surface area contributed by atoms with E-state index in [1.165, 1.54) is 0 Å². The van der Waals surface area contributed by atoms with Gasteiger partial charge in [-0.25, -0.2) is 9.78 Å². The minimum atomic E-state index is -0.569. The predicted octanol–water partition coefficient (Wildman–Crippen LogP) is 6.88. The van der Waals surface area contributed by atoms with Gasteiger partial charge in [-0.2, -0.15) is 0 Å². The first-order valence-corrected chi connectivity index (χ1v) is 12.2. The van der Waals surface area contributed by atoms with Gasteiger partial charge in [0.2, 0.25) is 0 Å². The van der Waals surface area contributed by atoms with Crippen LogP contribution < -0.4 is 15.0 Å². The molecule has 1 aromatic heterocycles. The van der Waals surface area contributed by atoms with Gasteiger partial charge in [-0.15, -0.1) is 0 Å². The first-order valence-electron chi connectivity index (χ1n) is 10.6. The van der Waals surface area contributed by atoms with Crippen molar-refractivity contribution in [3.63, 3.8) is 0 Å². The molecule has 1 amide bonds. The highest BCUT2D eigenvalue weighted by atomic mass is 35.5. The number of thiazole rings is 1. The van der Waals surface area contributed by atoms with Crippen molar-refractivity contribution in [2.75, 3.05) is 44.4 Å². The van der Waals surface area contributed by atoms with Crippen LogP contribution in [0.3, 0.4) is 0 Å². The van der Waals surface area contributed by atoms with Crippen LogP contribution in [-0.4, -0.2) is 50.2 Å². The van der Waals surface area contributed by atoms with Crippen molar-refractivity contribution < 1.29 is 9.53 Å². The van der Waals surface area contributed by atoms with Gasteiger partial charge in [-0.05, 0) is 56.1 Å². The van der Waals surface area contributed by atoms with Crippen LogP contribution in [0.25, 0.3) is 21.3 Å². The summed E-state index contributed by atoms with van der Waals surface area (Å²) in [5, 5.41) is 4.70. The highest BCUT2D eigenvalue weighted by molar-refractivity contribution is 7.22.